The van der Waals surface area contributed by atoms with Crippen LogP contribution in [0.4, 0.5) is 0 Å². The van der Waals surface area contributed by atoms with Crippen LogP contribution in [0.25, 0.3) is 0 Å². The Bertz CT molecular complexity index is 327. The summed E-state index contributed by atoms with van der Waals surface area (Å²) in [4.78, 5) is 12.0. The molecule has 0 unspecified atom stereocenters. The second kappa shape index (κ2) is 5.36. The Labute approximate surface area is 105 Å². The van der Waals surface area contributed by atoms with Gasteiger partial charge in [-0.1, -0.05) is 22.0 Å². The number of hydrogen-bond donors (Lipinski definition) is 1. The first-order valence-corrected chi connectivity index (χ1v) is 6.33. The van der Waals surface area contributed by atoms with E-state index in [4.69, 9.17) is 0 Å². The van der Waals surface area contributed by atoms with Gasteiger partial charge >= 0.3 is 0 Å². The zero-order chi connectivity index (χ0) is 9.84. The average molecular weight is 371 g/mol. The molecule has 0 radical (unpaired) electrons. The second-order valence-corrected chi connectivity index (χ2v) is 4.84. The van der Waals surface area contributed by atoms with E-state index in [1.807, 2.05) is 18.2 Å². The minimum Gasteiger partial charge on any atom is -0.298 e. The van der Waals surface area contributed by atoms with E-state index in [1.54, 1.807) is 0 Å². The highest BCUT2D eigenvalue weighted by molar-refractivity contribution is 14.1. The maximum Gasteiger partial charge on any atom is 0.147 e. The van der Waals surface area contributed by atoms with Gasteiger partial charge in [-0.05, 0) is 40.3 Å². The molecule has 0 aliphatic heterocycles. The largest absolute Gasteiger partial charge is 0.298 e. The van der Waals surface area contributed by atoms with Gasteiger partial charge < -0.3 is 0 Å². The average Bonchev–Trinajstić information content (AvgIpc) is 2.11. The molecule has 4 heteroatoms. The Morgan fingerprint density at radius 2 is 2.23 bits per heavy atom. The summed E-state index contributed by atoms with van der Waals surface area (Å²) in [7, 11) is 0. The summed E-state index contributed by atoms with van der Waals surface area (Å²) < 4.78 is 1.11. The monoisotopic (exact) mass is 370 g/mol. The molecule has 0 bridgehead atoms. The molecule has 1 nitrogen and oxygen atoms in total. The molecule has 0 saturated carbocycles. The summed E-state index contributed by atoms with van der Waals surface area (Å²) in [6.07, 6.45) is 0.482. The van der Waals surface area contributed by atoms with Crippen molar-refractivity contribution in [2.45, 2.75) is 11.3 Å². The van der Waals surface area contributed by atoms with Gasteiger partial charge in [-0.25, -0.2) is 0 Å². The number of ketones is 1. The van der Waals surface area contributed by atoms with Gasteiger partial charge in [0.15, 0.2) is 0 Å². The molecule has 0 amide bonds. The number of thiol groups is 1. The summed E-state index contributed by atoms with van der Waals surface area (Å²) in [5.74, 6) is 0.189. The normalized spacial score (nSPS) is 10.1. The number of carbonyl (C=O) groups excluding carboxylic acids is 1. The lowest BCUT2D eigenvalue weighted by atomic mass is 10.1. The van der Waals surface area contributed by atoms with E-state index in [0.29, 0.717) is 11.8 Å². The molecule has 0 spiro atoms. The van der Waals surface area contributed by atoms with E-state index < -0.39 is 0 Å². The third-order valence-electron chi connectivity index (χ3n) is 1.56. The highest BCUT2D eigenvalue weighted by atomic mass is 127. The van der Waals surface area contributed by atoms with Crippen molar-refractivity contribution in [1.82, 2.24) is 0 Å². The molecule has 70 valence electrons. The smallest absolute Gasteiger partial charge is 0.147 e. The molecule has 0 aromatic heterocycles. The fraction of sp³-hybridized carbons (Fsp3) is 0.222. The van der Waals surface area contributed by atoms with Crippen molar-refractivity contribution in [2.24, 2.45) is 0 Å². The topological polar surface area (TPSA) is 17.1 Å². The van der Waals surface area contributed by atoms with Crippen LogP contribution in [0.1, 0.15) is 5.56 Å². The van der Waals surface area contributed by atoms with Crippen molar-refractivity contribution >= 4 is 56.9 Å². The number of alkyl halides is 1. The van der Waals surface area contributed by atoms with Gasteiger partial charge in [0.2, 0.25) is 0 Å². The van der Waals surface area contributed by atoms with Crippen LogP contribution >= 0.6 is 51.1 Å². The van der Waals surface area contributed by atoms with Crippen LogP contribution in [0.2, 0.25) is 0 Å². The van der Waals surface area contributed by atoms with Gasteiger partial charge in [0, 0.05) is 14.9 Å². The standard InChI is InChI=1S/C9H8BrIOS/c10-5-7(12)3-6-1-2-8(11)9(13)4-6/h1-2,4,13H,3,5H2. The molecule has 0 atom stereocenters. The van der Waals surface area contributed by atoms with Gasteiger partial charge in [-0.3, -0.25) is 4.79 Å². The Morgan fingerprint density at radius 3 is 2.77 bits per heavy atom. The molecular weight excluding hydrogens is 363 g/mol. The van der Waals surface area contributed by atoms with E-state index >= 15 is 0 Å². The Kier molecular flexibility index (Phi) is 4.75. The Balaban J connectivity index is 2.79. The van der Waals surface area contributed by atoms with E-state index in [0.717, 1.165) is 14.0 Å². The number of hydrogen-bond acceptors (Lipinski definition) is 2. The lowest BCUT2D eigenvalue weighted by Crippen LogP contribution is -2.03. The maximum atomic E-state index is 11.1. The third kappa shape index (κ3) is 3.59. The maximum absolute atomic E-state index is 11.1. The highest BCUT2D eigenvalue weighted by Gasteiger charge is 2.03. The van der Waals surface area contributed by atoms with E-state index in [-0.39, 0.29) is 5.78 Å². The van der Waals surface area contributed by atoms with Gasteiger partial charge in [0.05, 0.1) is 5.33 Å². The summed E-state index contributed by atoms with van der Waals surface area (Å²) in [6.45, 7) is 0. The predicted octanol–water partition coefficient (Wildman–Crippen LogP) is 3.09. The Hall–Kier alpha value is 0.450. The van der Waals surface area contributed by atoms with Crippen molar-refractivity contribution in [3.63, 3.8) is 0 Å². The first-order valence-electron chi connectivity index (χ1n) is 3.68. The summed E-state index contributed by atoms with van der Waals surface area (Å²) >= 11 is 9.64. The predicted molar refractivity (Wildman–Crippen MR) is 68.9 cm³/mol. The zero-order valence-electron chi connectivity index (χ0n) is 6.76. The molecular formula is C9H8BrIOS. The molecule has 0 aliphatic carbocycles. The van der Waals surface area contributed by atoms with Crippen molar-refractivity contribution in [1.29, 1.82) is 0 Å². The van der Waals surface area contributed by atoms with E-state index in [2.05, 4.69) is 51.1 Å². The summed E-state index contributed by atoms with van der Waals surface area (Å²) in [5, 5.41) is 0.418. The summed E-state index contributed by atoms with van der Waals surface area (Å²) in [5.41, 5.74) is 1.02. The molecule has 0 saturated heterocycles. The molecule has 1 aromatic rings. The van der Waals surface area contributed by atoms with Gasteiger partial charge in [-0.2, -0.15) is 0 Å². The van der Waals surface area contributed by atoms with E-state index in [1.165, 1.54) is 0 Å². The first kappa shape index (κ1) is 11.5. The fourth-order valence-electron chi connectivity index (χ4n) is 0.943. The molecule has 0 heterocycles. The van der Waals surface area contributed by atoms with Crippen molar-refractivity contribution in [2.75, 3.05) is 5.33 Å². The minimum atomic E-state index is 0.189. The van der Waals surface area contributed by atoms with Gasteiger partial charge in [0.1, 0.15) is 5.78 Å². The third-order valence-corrected chi connectivity index (χ3v) is 3.92. The number of benzene rings is 1. The number of Topliss-reactive ketones (excluding diaryl/α,β-unsaturated/α-hetero) is 1. The van der Waals surface area contributed by atoms with Crippen LogP contribution in [0.15, 0.2) is 23.1 Å². The molecule has 1 rings (SSSR count). The van der Waals surface area contributed by atoms with Crippen molar-refractivity contribution < 1.29 is 4.79 Å². The van der Waals surface area contributed by atoms with Crippen LogP contribution in [0.3, 0.4) is 0 Å². The highest BCUT2D eigenvalue weighted by Crippen LogP contribution is 2.18. The second-order valence-electron chi connectivity index (χ2n) is 2.63. The lowest BCUT2D eigenvalue weighted by Gasteiger charge is -2.01. The van der Waals surface area contributed by atoms with Crippen molar-refractivity contribution in [3.05, 3.63) is 27.3 Å². The van der Waals surface area contributed by atoms with Crippen LogP contribution in [0, 0.1) is 3.57 Å². The molecule has 0 aliphatic rings. The van der Waals surface area contributed by atoms with E-state index in [9.17, 15) is 4.79 Å². The molecule has 13 heavy (non-hydrogen) atoms. The minimum absolute atomic E-state index is 0.189. The quantitative estimate of drug-likeness (QED) is 0.491. The summed E-state index contributed by atoms with van der Waals surface area (Å²) in [6, 6.07) is 5.87. The van der Waals surface area contributed by atoms with Crippen LogP contribution in [-0.2, 0) is 11.2 Å². The van der Waals surface area contributed by atoms with Crippen LogP contribution in [-0.4, -0.2) is 11.1 Å². The molecule has 0 N–H and O–H groups in total. The SMILES string of the molecule is O=C(CBr)Cc1ccc(I)c(S)c1. The fourth-order valence-corrected chi connectivity index (χ4v) is 1.72. The first-order chi connectivity index (χ1) is 6.13. The van der Waals surface area contributed by atoms with Gasteiger partial charge in [0.25, 0.3) is 0 Å². The Morgan fingerprint density at radius 1 is 1.54 bits per heavy atom. The zero-order valence-corrected chi connectivity index (χ0v) is 11.4. The van der Waals surface area contributed by atoms with Crippen molar-refractivity contribution in [3.8, 4) is 0 Å². The number of carbonyl (C=O) groups is 1. The number of halogens is 2. The van der Waals surface area contributed by atoms with Gasteiger partial charge in [-0.15, -0.1) is 12.6 Å². The number of rotatable bonds is 3. The molecule has 1 aromatic carbocycles. The lowest BCUT2D eigenvalue weighted by molar-refractivity contribution is -0.115. The molecule has 0 fully saturated rings. The van der Waals surface area contributed by atoms with Crippen LogP contribution in [0.5, 0.6) is 0 Å². The van der Waals surface area contributed by atoms with Crippen LogP contribution < -0.4 is 0 Å².